The van der Waals surface area contributed by atoms with Crippen LogP contribution in [-0.4, -0.2) is 65.8 Å². The quantitative estimate of drug-likeness (QED) is 0.332. The number of nitrogens with zero attached hydrogens (tertiary/aromatic N) is 3. The summed E-state index contributed by atoms with van der Waals surface area (Å²) in [7, 11) is 0. The van der Waals surface area contributed by atoms with Gasteiger partial charge in [-0.15, -0.1) is 11.3 Å². The lowest BCUT2D eigenvalue weighted by Crippen LogP contribution is -2.29. The first-order chi connectivity index (χ1) is 19.0. The molecular weight excluding hydrogens is 520 g/mol. The SMILES string of the molecule is CCNC(=O)Nc1ncc(-c2cncc(C(=O)OCC)c2)c(-c2nc(C3CCNCC3)cs2)c1C(=O)OCC. The second-order valence-electron chi connectivity index (χ2n) is 8.76. The van der Waals surface area contributed by atoms with Crippen LogP contribution < -0.4 is 16.0 Å². The predicted molar refractivity (Wildman–Crippen MR) is 148 cm³/mol. The van der Waals surface area contributed by atoms with E-state index in [0.29, 0.717) is 34.2 Å². The fourth-order valence-electron chi connectivity index (χ4n) is 4.38. The number of nitrogens with one attached hydrogen (secondary N) is 3. The van der Waals surface area contributed by atoms with Crippen molar-refractivity contribution >= 4 is 35.1 Å². The summed E-state index contributed by atoms with van der Waals surface area (Å²) in [5, 5.41) is 11.3. The monoisotopic (exact) mass is 552 g/mol. The molecule has 0 saturated carbocycles. The van der Waals surface area contributed by atoms with E-state index >= 15 is 0 Å². The van der Waals surface area contributed by atoms with E-state index in [1.54, 1.807) is 33.0 Å². The Kier molecular flexibility index (Phi) is 9.55. The van der Waals surface area contributed by atoms with Crippen LogP contribution in [0.4, 0.5) is 10.6 Å². The zero-order valence-corrected chi connectivity index (χ0v) is 23.0. The van der Waals surface area contributed by atoms with Crippen LogP contribution in [0.5, 0.6) is 0 Å². The second-order valence-corrected chi connectivity index (χ2v) is 9.62. The Balaban J connectivity index is 1.92. The summed E-state index contributed by atoms with van der Waals surface area (Å²) < 4.78 is 10.6. The largest absolute Gasteiger partial charge is 0.462 e. The molecular formula is C27H32N6O5S. The van der Waals surface area contributed by atoms with Gasteiger partial charge in [0.05, 0.1) is 24.5 Å². The number of hydrogen-bond donors (Lipinski definition) is 3. The third-order valence-electron chi connectivity index (χ3n) is 6.18. The van der Waals surface area contributed by atoms with Crippen molar-refractivity contribution in [3.8, 4) is 21.7 Å². The highest BCUT2D eigenvalue weighted by Crippen LogP contribution is 2.41. The van der Waals surface area contributed by atoms with Crippen LogP contribution in [0.2, 0.25) is 0 Å². The number of rotatable bonds is 9. The van der Waals surface area contributed by atoms with Gasteiger partial charge < -0.3 is 20.1 Å². The molecule has 11 nitrogen and oxygen atoms in total. The van der Waals surface area contributed by atoms with E-state index < -0.39 is 18.0 Å². The van der Waals surface area contributed by atoms with Crippen molar-refractivity contribution < 1.29 is 23.9 Å². The molecule has 0 aromatic carbocycles. The number of esters is 2. The molecule has 0 aliphatic carbocycles. The lowest BCUT2D eigenvalue weighted by Gasteiger charge is -2.20. The summed E-state index contributed by atoms with van der Waals surface area (Å²) >= 11 is 1.40. The van der Waals surface area contributed by atoms with E-state index in [1.807, 2.05) is 5.38 Å². The highest BCUT2D eigenvalue weighted by atomic mass is 32.1. The van der Waals surface area contributed by atoms with Gasteiger partial charge in [0.15, 0.2) is 0 Å². The van der Waals surface area contributed by atoms with E-state index in [0.717, 1.165) is 31.6 Å². The molecule has 4 rings (SSSR count). The third-order valence-corrected chi connectivity index (χ3v) is 7.06. The van der Waals surface area contributed by atoms with Gasteiger partial charge in [-0.2, -0.15) is 0 Å². The smallest absolute Gasteiger partial charge is 0.342 e. The number of urea groups is 1. The summed E-state index contributed by atoms with van der Waals surface area (Å²) in [6.07, 6.45) is 6.47. The zero-order valence-electron chi connectivity index (χ0n) is 22.2. The van der Waals surface area contributed by atoms with Crippen molar-refractivity contribution in [2.75, 3.05) is 38.2 Å². The topological polar surface area (TPSA) is 144 Å². The van der Waals surface area contributed by atoms with Gasteiger partial charge in [-0.25, -0.2) is 24.4 Å². The van der Waals surface area contributed by atoms with Crippen molar-refractivity contribution in [2.45, 2.75) is 39.5 Å². The molecule has 1 aliphatic rings. The molecule has 39 heavy (non-hydrogen) atoms. The Morgan fingerprint density at radius 1 is 1.05 bits per heavy atom. The molecule has 0 bridgehead atoms. The van der Waals surface area contributed by atoms with Gasteiger partial charge >= 0.3 is 18.0 Å². The Morgan fingerprint density at radius 3 is 2.51 bits per heavy atom. The van der Waals surface area contributed by atoms with Gasteiger partial charge in [-0.1, -0.05) is 0 Å². The lowest BCUT2D eigenvalue weighted by molar-refractivity contribution is 0.0517. The van der Waals surface area contributed by atoms with Crippen LogP contribution in [0.25, 0.3) is 21.7 Å². The molecule has 1 aliphatic heterocycles. The van der Waals surface area contributed by atoms with Crippen molar-refractivity contribution in [3.63, 3.8) is 0 Å². The molecule has 1 fully saturated rings. The number of carbonyl (C=O) groups is 3. The van der Waals surface area contributed by atoms with E-state index in [2.05, 4.69) is 25.9 Å². The Morgan fingerprint density at radius 2 is 1.79 bits per heavy atom. The van der Waals surface area contributed by atoms with Gasteiger partial charge in [0, 0.05) is 53.1 Å². The molecule has 0 radical (unpaired) electrons. The number of piperidine rings is 1. The summed E-state index contributed by atoms with van der Waals surface area (Å²) in [5.74, 6) is -0.814. The molecule has 0 spiro atoms. The van der Waals surface area contributed by atoms with E-state index in [4.69, 9.17) is 14.5 Å². The number of anilines is 1. The molecule has 3 aromatic rings. The average molecular weight is 553 g/mol. The van der Waals surface area contributed by atoms with Crippen LogP contribution in [0.3, 0.4) is 0 Å². The highest BCUT2D eigenvalue weighted by Gasteiger charge is 2.28. The standard InChI is InChI=1S/C27H32N6O5S/c1-4-30-27(36)33-23-22(26(35)38-6-3)21(24-32-20(15-39-24)16-7-9-28-10-8-16)19(14-31-23)17-11-18(13-29-12-17)25(34)37-5-2/h11-16,28H,4-10H2,1-3H3,(H2,30,31,33,36). The Hall–Kier alpha value is -3.90. The van der Waals surface area contributed by atoms with Crippen LogP contribution in [0.15, 0.2) is 30.0 Å². The van der Waals surface area contributed by atoms with Crippen molar-refractivity contribution in [1.29, 1.82) is 0 Å². The number of ether oxygens (including phenoxy) is 2. The van der Waals surface area contributed by atoms with E-state index in [-0.39, 0.29) is 30.2 Å². The molecule has 2 amide bonds. The molecule has 0 unspecified atom stereocenters. The van der Waals surface area contributed by atoms with Crippen molar-refractivity contribution in [2.24, 2.45) is 0 Å². The van der Waals surface area contributed by atoms with E-state index in [1.165, 1.54) is 23.7 Å². The number of thiazole rings is 1. The first kappa shape index (κ1) is 28.1. The van der Waals surface area contributed by atoms with Gasteiger partial charge in [-0.05, 0) is 52.8 Å². The molecule has 3 N–H and O–H groups in total. The zero-order chi connectivity index (χ0) is 27.8. The Bertz CT molecular complexity index is 1340. The molecule has 12 heteroatoms. The molecule has 206 valence electrons. The fourth-order valence-corrected chi connectivity index (χ4v) is 5.35. The lowest BCUT2D eigenvalue weighted by atomic mass is 9.95. The third kappa shape index (κ3) is 6.58. The first-order valence-corrected chi connectivity index (χ1v) is 13.9. The molecule has 4 heterocycles. The summed E-state index contributed by atoms with van der Waals surface area (Å²) in [6, 6.07) is 1.13. The number of amides is 2. The van der Waals surface area contributed by atoms with Gasteiger partial charge in [0.2, 0.25) is 0 Å². The molecule has 1 saturated heterocycles. The minimum Gasteiger partial charge on any atom is -0.462 e. The summed E-state index contributed by atoms with van der Waals surface area (Å²) in [6.45, 7) is 7.79. The molecule has 0 atom stereocenters. The Labute approximate surface area is 230 Å². The van der Waals surface area contributed by atoms with E-state index in [9.17, 15) is 14.4 Å². The molecule has 3 aromatic heterocycles. The predicted octanol–water partition coefficient (Wildman–Crippen LogP) is 4.23. The maximum Gasteiger partial charge on any atom is 0.342 e. The van der Waals surface area contributed by atoms with Crippen LogP contribution in [-0.2, 0) is 9.47 Å². The number of carbonyl (C=O) groups excluding carboxylic acids is 3. The summed E-state index contributed by atoms with van der Waals surface area (Å²) in [4.78, 5) is 51.9. The fraction of sp³-hybridized carbons (Fsp3) is 0.407. The maximum atomic E-state index is 13.4. The summed E-state index contributed by atoms with van der Waals surface area (Å²) in [5.41, 5.74) is 2.79. The van der Waals surface area contributed by atoms with Crippen molar-refractivity contribution in [3.05, 3.63) is 46.9 Å². The maximum absolute atomic E-state index is 13.4. The minimum atomic E-state index is -0.651. The number of hydrogen-bond acceptors (Lipinski definition) is 10. The van der Waals surface area contributed by atoms with Crippen LogP contribution in [0, 0.1) is 0 Å². The van der Waals surface area contributed by atoms with Gasteiger partial charge in [0.1, 0.15) is 16.4 Å². The van der Waals surface area contributed by atoms with Gasteiger partial charge in [0.25, 0.3) is 0 Å². The normalized spacial score (nSPS) is 13.5. The minimum absolute atomic E-state index is 0.0475. The number of aromatic nitrogens is 3. The first-order valence-electron chi connectivity index (χ1n) is 13.0. The second kappa shape index (κ2) is 13.3. The van der Waals surface area contributed by atoms with Crippen LogP contribution >= 0.6 is 11.3 Å². The van der Waals surface area contributed by atoms with Crippen LogP contribution in [0.1, 0.15) is 65.9 Å². The van der Waals surface area contributed by atoms with Gasteiger partial charge in [-0.3, -0.25) is 10.3 Å². The van der Waals surface area contributed by atoms with Crippen molar-refractivity contribution in [1.82, 2.24) is 25.6 Å². The highest BCUT2D eigenvalue weighted by molar-refractivity contribution is 7.13. The number of pyridine rings is 2. The average Bonchev–Trinajstić information content (AvgIpc) is 3.44.